The van der Waals surface area contributed by atoms with Crippen molar-refractivity contribution in [1.29, 1.82) is 15.8 Å². The lowest BCUT2D eigenvalue weighted by Crippen LogP contribution is -2.13. The lowest BCUT2D eigenvalue weighted by Gasteiger charge is -2.16. The van der Waals surface area contributed by atoms with Gasteiger partial charge in [0, 0.05) is 91.3 Å². The normalized spacial score (nSPS) is 14.2. The summed E-state index contributed by atoms with van der Waals surface area (Å²) in [6.45, 7) is 0. The maximum Gasteiger partial charge on any atom is 0.306 e. The van der Waals surface area contributed by atoms with Crippen molar-refractivity contribution in [2.45, 2.75) is 67.6 Å². The highest BCUT2D eigenvalue weighted by atomic mass is 35.5. The maximum absolute atomic E-state index is 11.7. The number of hydrogen-bond donors (Lipinski definition) is 2. The molecule has 3 heterocycles. The maximum atomic E-state index is 11.7. The highest BCUT2D eigenvalue weighted by Gasteiger charge is 2.46. The number of nitrogens with zero attached hydrogens (tertiary/aromatic N) is 6. The van der Waals surface area contributed by atoms with Crippen LogP contribution in [0.15, 0.2) is 174 Å². The van der Waals surface area contributed by atoms with Crippen LogP contribution in [0.5, 0.6) is 0 Å². The molecule has 3 saturated carbocycles. The summed E-state index contributed by atoms with van der Waals surface area (Å²) in [5.41, 5.74) is 8.27. The van der Waals surface area contributed by atoms with Gasteiger partial charge in [-0.1, -0.05) is 103 Å². The first-order valence-corrected chi connectivity index (χ1v) is 30.3. The van der Waals surface area contributed by atoms with Crippen LogP contribution < -0.4 is 0 Å². The standard InChI is InChI=1S/C23H20N2O2S.C22H18N2O2S.C16H9ClN2.C7H12O2S/c1-27-22(26)12-23(9-10-23)15-28-21-8-11-25-14-20(21)19-7-6-16(13-24)17-4-2-3-5-18(17)19;23-12-15-5-6-18(17-4-2-1-3-16(15)17)19-13-24-10-7-20(19)27-14-22(8-9-22)11-21(25)26;17-16-7-8-19-10-15(16)14-6-5-11(9-18)12-3-1-2-4-13(12)14;1-9-6(8)4-7(5-10)2-3-7/h2-8,11,14H,9-10,12,15H2,1H3;1-7,10,13H,8-9,11,14H2,(H,25,26);1-8,10H;10H,2-5H2,1H3. The minimum absolute atomic E-state index is 0.0605. The number of carbonyl (C=O) groups is 3. The summed E-state index contributed by atoms with van der Waals surface area (Å²) in [5, 5.41) is 43.7. The van der Waals surface area contributed by atoms with Crippen LogP contribution in [0.2, 0.25) is 5.02 Å². The molecule has 12 rings (SSSR count). The summed E-state index contributed by atoms with van der Waals surface area (Å²) in [6, 6.07) is 47.7. The van der Waals surface area contributed by atoms with E-state index in [9.17, 15) is 24.9 Å². The molecule has 0 spiro atoms. The SMILES string of the molecule is COC(=O)CC1(CS)CC1.COC(=O)CC1(CSc2ccncc2-c2ccc(C#N)c3ccccc23)CC1.N#Cc1ccc(-c2cnccc2Cl)c2ccccc12.N#Cc1ccc(-c2cnccc2SCC2(CC(=O)O)CC2)c2ccccc12. The van der Waals surface area contributed by atoms with Gasteiger partial charge in [0.25, 0.3) is 0 Å². The van der Waals surface area contributed by atoms with E-state index in [-0.39, 0.29) is 34.6 Å². The van der Waals surface area contributed by atoms with Crippen LogP contribution in [0.3, 0.4) is 0 Å². The van der Waals surface area contributed by atoms with Crippen molar-refractivity contribution >= 4 is 98.0 Å². The van der Waals surface area contributed by atoms with E-state index in [2.05, 4.69) is 50.5 Å². The number of benzene rings is 6. The number of thiol groups is 1. The number of pyridine rings is 3. The molecule has 9 aromatic rings. The molecule has 0 bridgehead atoms. The lowest BCUT2D eigenvalue weighted by atomic mass is 9.96. The fraction of sp³-hybridized carbons (Fsp3) is 0.250. The number of hydrogen-bond acceptors (Lipinski definition) is 14. The summed E-state index contributed by atoms with van der Waals surface area (Å²) < 4.78 is 9.41. The number of fused-ring (bicyclic) bond motifs is 3. The van der Waals surface area contributed by atoms with Gasteiger partial charge in [-0.25, -0.2) is 0 Å². The number of rotatable bonds is 16. The van der Waals surface area contributed by atoms with Gasteiger partial charge in [-0.15, -0.1) is 23.5 Å². The summed E-state index contributed by atoms with van der Waals surface area (Å²) >= 11 is 13.9. The van der Waals surface area contributed by atoms with E-state index >= 15 is 0 Å². The van der Waals surface area contributed by atoms with Crippen molar-refractivity contribution in [3.05, 3.63) is 186 Å². The van der Waals surface area contributed by atoms with Crippen LogP contribution in [0.4, 0.5) is 0 Å². The van der Waals surface area contributed by atoms with Crippen molar-refractivity contribution < 1.29 is 29.0 Å². The Morgan fingerprint density at radius 3 is 1.19 bits per heavy atom. The molecule has 0 radical (unpaired) electrons. The Morgan fingerprint density at radius 1 is 0.500 bits per heavy atom. The number of methoxy groups -OCH3 is 2. The van der Waals surface area contributed by atoms with Crippen LogP contribution >= 0.6 is 47.8 Å². The van der Waals surface area contributed by atoms with E-state index in [0.29, 0.717) is 34.6 Å². The Hall–Kier alpha value is -8.23. The van der Waals surface area contributed by atoms with Crippen molar-refractivity contribution in [3.63, 3.8) is 0 Å². The molecule has 422 valence electrons. The van der Waals surface area contributed by atoms with Crippen molar-refractivity contribution in [2.24, 2.45) is 16.2 Å². The zero-order valence-corrected chi connectivity index (χ0v) is 49.7. The number of carbonyl (C=O) groups excluding carboxylic acids is 2. The van der Waals surface area contributed by atoms with Gasteiger partial charge in [-0.3, -0.25) is 29.3 Å². The number of ether oxygens (including phenoxy) is 2. The van der Waals surface area contributed by atoms with Gasteiger partial charge >= 0.3 is 17.9 Å². The Morgan fingerprint density at radius 2 is 0.845 bits per heavy atom. The zero-order valence-electron chi connectivity index (χ0n) is 46.4. The minimum atomic E-state index is -0.721. The molecule has 0 unspecified atom stereocenters. The first kappa shape index (κ1) is 60.4. The fourth-order valence-corrected chi connectivity index (χ4v) is 13.4. The fourth-order valence-electron chi connectivity index (χ4n) is 10.1. The van der Waals surface area contributed by atoms with Crippen LogP contribution in [0, 0.1) is 50.2 Å². The monoisotopic (exact) mass is 1190 g/mol. The van der Waals surface area contributed by atoms with Crippen molar-refractivity contribution in [1.82, 2.24) is 15.0 Å². The Bertz CT molecular complexity index is 4050. The average molecular weight is 1190 g/mol. The molecule has 0 saturated heterocycles. The van der Waals surface area contributed by atoms with Gasteiger partial charge in [-0.2, -0.15) is 28.4 Å². The van der Waals surface area contributed by atoms with Crippen LogP contribution in [0.25, 0.3) is 65.7 Å². The van der Waals surface area contributed by atoms with Gasteiger partial charge in [-0.05, 0) is 130 Å². The largest absolute Gasteiger partial charge is 0.481 e. The van der Waals surface area contributed by atoms with E-state index < -0.39 is 5.97 Å². The number of nitriles is 3. The molecule has 3 fully saturated rings. The molecule has 16 heteroatoms. The first-order chi connectivity index (χ1) is 40.8. The third-order valence-corrected chi connectivity index (χ3v) is 19.5. The molecular formula is C68H59ClN6O6S3. The Kier molecular flexibility index (Phi) is 19.7. The second-order valence-corrected chi connectivity index (χ2v) is 24.1. The van der Waals surface area contributed by atoms with Crippen LogP contribution in [-0.4, -0.2) is 69.4 Å². The average Bonchev–Trinajstić information content (AvgIpc) is 4.63. The van der Waals surface area contributed by atoms with Crippen molar-refractivity contribution in [3.8, 4) is 51.6 Å². The van der Waals surface area contributed by atoms with Gasteiger partial charge in [0.15, 0.2) is 0 Å². The smallest absolute Gasteiger partial charge is 0.306 e. The molecule has 3 aliphatic carbocycles. The van der Waals surface area contributed by atoms with Gasteiger partial charge < -0.3 is 14.6 Å². The second-order valence-electron chi connectivity index (χ2n) is 21.4. The Labute approximate surface area is 507 Å². The van der Waals surface area contributed by atoms with Crippen LogP contribution in [-0.2, 0) is 23.9 Å². The highest BCUT2D eigenvalue weighted by molar-refractivity contribution is 7.99. The molecule has 0 aliphatic heterocycles. The van der Waals surface area contributed by atoms with Crippen molar-refractivity contribution in [2.75, 3.05) is 31.5 Å². The topological polar surface area (TPSA) is 200 Å². The molecule has 0 atom stereocenters. The van der Waals surface area contributed by atoms with E-state index in [4.69, 9.17) is 26.7 Å². The lowest BCUT2D eigenvalue weighted by molar-refractivity contribution is -0.142. The third kappa shape index (κ3) is 14.6. The summed E-state index contributed by atoms with van der Waals surface area (Å²) in [4.78, 5) is 48.6. The quantitative estimate of drug-likeness (QED) is 0.0526. The molecule has 0 amide bonds. The van der Waals surface area contributed by atoms with Gasteiger partial charge in [0.1, 0.15) is 0 Å². The number of halogens is 1. The third-order valence-electron chi connectivity index (χ3n) is 15.6. The highest BCUT2D eigenvalue weighted by Crippen LogP contribution is 2.54. The van der Waals surface area contributed by atoms with E-state index in [0.717, 1.165) is 131 Å². The predicted octanol–water partition coefficient (Wildman–Crippen LogP) is 16.0. The number of carboxylic acids is 1. The summed E-state index contributed by atoms with van der Waals surface area (Å²) in [6.07, 6.45) is 18.3. The number of aliphatic carboxylic acids is 1. The first-order valence-electron chi connectivity index (χ1n) is 27.3. The van der Waals surface area contributed by atoms with E-state index in [1.165, 1.54) is 14.2 Å². The Balaban J connectivity index is 0.000000142. The van der Waals surface area contributed by atoms with E-state index in [1.807, 2.05) is 134 Å². The summed E-state index contributed by atoms with van der Waals surface area (Å²) in [7, 11) is 2.87. The number of thioether (sulfide) groups is 2. The molecule has 3 aromatic heterocycles. The molecule has 1 N–H and O–H groups in total. The molecule has 3 aliphatic rings. The number of aromatic nitrogens is 3. The van der Waals surface area contributed by atoms with Crippen LogP contribution in [0.1, 0.15) is 74.5 Å². The number of carboxylic acid groups (broad SMARTS) is 1. The number of esters is 2. The van der Waals surface area contributed by atoms with Gasteiger partial charge in [0.05, 0.1) is 73.4 Å². The minimum Gasteiger partial charge on any atom is -0.481 e. The predicted molar refractivity (Wildman–Crippen MR) is 337 cm³/mol. The second kappa shape index (κ2) is 27.4. The molecule has 12 nitrogen and oxygen atoms in total. The van der Waals surface area contributed by atoms with E-state index in [1.54, 1.807) is 54.4 Å². The van der Waals surface area contributed by atoms with Gasteiger partial charge in [0.2, 0.25) is 0 Å². The zero-order chi connectivity index (χ0) is 59.3. The molecule has 84 heavy (non-hydrogen) atoms. The molecular weight excluding hydrogens is 1130 g/mol. The molecule has 6 aromatic carbocycles. The summed E-state index contributed by atoms with van der Waals surface area (Å²) in [5.74, 6) is 1.53.